The Morgan fingerprint density at radius 3 is 2.52 bits per heavy atom. The normalized spacial score (nSPS) is 16.8. The average Bonchev–Trinajstić information content (AvgIpc) is 3.38. The summed E-state index contributed by atoms with van der Waals surface area (Å²) in [5, 5.41) is 3.80. The van der Waals surface area contributed by atoms with Crippen LogP contribution in [-0.4, -0.2) is 29.8 Å². The molecule has 1 fully saturated rings. The number of benzene rings is 2. The third kappa shape index (κ3) is 4.07. The van der Waals surface area contributed by atoms with Crippen LogP contribution in [0.4, 0.5) is 13.2 Å². The van der Waals surface area contributed by atoms with Crippen molar-refractivity contribution >= 4 is 0 Å². The molecule has 152 valence electrons. The first-order valence-corrected chi connectivity index (χ1v) is 9.15. The van der Waals surface area contributed by atoms with Crippen molar-refractivity contribution in [3.8, 4) is 28.4 Å². The summed E-state index contributed by atoms with van der Waals surface area (Å²) in [6, 6.07) is 14.7. The number of methoxy groups -OCH3 is 1. The molecule has 1 saturated heterocycles. The lowest BCUT2D eigenvalue weighted by atomic mass is 10.1. The molecular weight excluding hydrogens is 385 g/mol. The highest BCUT2D eigenvalue weighted by molar-refractivity contribution is 5.67. The molecule has 0 saturated carbocycles. The van der Waals surface area contributed by atoms with E-state index in [0.29, 0.717) is 35.1 Å². The molecule has 0 spiro atoms. The number of hydrogen-bond donors (Lipinski definition) is 0. The van der Waals surface area contributed by atoms with Gasteiger partial charge < -0.3 is 14.2 Å². The molecule has 0 radical (unpaired) electrons. The highest BCUT2D eigenvalue weighted by Crippen LogP contribution is 2.37. The van der Waals surface area contributed by atoms with Gasteiger partial charge in [0.05, 0.1) is 25.1 Å². The average molecular weight is 404 g/mol. The Labute approximate surface area is 165 Å². The van der Waals surface area contributed by atoms with E-state index in [0.717, 1.165) is 18.9 Å². The molecule has 2 aromatic carbocycles. The second kappa shape index (κ2) is 7.79. The fraction of sp³-hybridized carbons (Fsp3) is 0.286. The van der Waals surface area contributed by atoms with E-state index in [-0.39, 0.29) is 0 Å². The van der Waals surface area contributed by atoms with Crippen molar-refractivity contribution in [2.75, 3.05) is 13.7 Å². The zero-order valence-electron chi connectivity index (χ0n) is 15.6. The second-order valence-corrected chi connectivity index (χ2v) is 6.59. The van der Waals surface area contributed by atoms with Crippen LogP contribution in [-0.2, 0) is 10.9 Å². The molecule has 1 aliphatic heterocycles. The summed E-state index contributed by atoms with van der Waals surface area (Å²) in [5.74, 6) is 0.886. The van der Waals surface area contributed by atoms with Crippen molar-refractivity contribution < 1.29 is 27.4 Å². The molecule has 2 heterocycles. The van der Waals surface area contributed by atoms with E-state index in [1.807, 2.05) is 0 Å². The van der Waals surface area contributed by atoms with E-state index in [1.165, 1.54) is 11.8 Å². The Hall–Kier alpha value is -3.00. The quantitative estimate of drug-likeness (QED) is 0.595. The summed E-state index contributed by atoms with van der Waals surface area (Å²) in [4.78, 5) is 0. The zero-order valence-corrected chi connectivity index (χ0v) is 15.6. The van der Waals surface area contributed by atoms with Crippen LogP contribution in [0.2, 0.25) is 0 Å². The minimum Gasteiger partial charge on any atom is -0.493 e. The number of alkyl halides is 3. The number of rotatable bonds is 5. The minimum absolute atomic E-state index is 0.295. The van der Waals surface area contributed by atoms with Crippen LogP contribution >= 0.6 is 0 Å². The van der Waals surface area contributed by atoms with Crippen LogP contribution in [0.25, 0.3) is 16.9 Å². The van der Waals surface area contributed by atoms with Gasteiger partial charge >= 0.3 is 6.18 Å². The topological polar surface area (TPSA) is 45.5 Å². The Kier molecular flexibility index (Phi) is 5.19. The van der Waals surface area contributed by atoms with Crippen LogP contribution in [0, 0.1) is 0 Å². The zero-order chi connectivity index (χ0) is 20.4. The Morgan fingerprint density at radius 2 is 1.86 bits per heavy atom. The molecule has 0 aliphatic carbocycles. The highest BCUT2D eigenvalue weighted by Gasteiger charge is 2.35. The number of ether oxygens (including phenoxy) is 3. The van der Waals surface area contributed by atoms with E-state index in [2.05, 4.69) is 5.10 Å². The van der Waals surface area contributed by atoms with Gasteiger partial charge in [-0.2, -0.15) is 18.3 Å². The highest BCUT2D eigenvalue weighted by atomic mass is 19.4. The molecular formula is C21H19F3N2O3. The van der Waals surface area contributed by atoms with E-state index < -0.39 is 18.2 Å². The summed E-state index contributed by atoms with van der Waals surface area (Å²) < 4.78 is 58.0. The fourth-order valence-corrected chi connectivity index (χ4v) is 3.20. The predicted octanol–water partition coefficient (Wildman–Crippen LogP) is 5.08. The van der Waals surface area contributed by atoms with Crippen LogP contribution in [0.3, 0.4) is 0 Å². The van der Waals surface area contributed by atoms with Gasteiger partial charge in [-0.05, 0) is 42.8 Å². The Morgan fingerprint density at radius 1 is 1.07 bits per heavy atom. The van der Waals surface area contributed by atoms with Gasteiger partial charge in [0.25, 0.3) is 0 Å². The lowest BCUT2D eigenvalue weighted by molar-refractivity contribution is -0.141. The lowest BCUT2D eigenvalue weighted by Gasteiger charge is -2.17. The van der Waals surface area contributed by atoms with Gasteiger partial charge in [0.15, 0.2) is 23.5 Å². The fourth-order valence-electron chi connectivity index (χ4n) is 3.20. The van der Waals surface area contributed by atoms with Crippen molar-refractivity contribution in [1.82, 2.24) is 9.78 Å². The van der Waals surface area contributed by atoms with Gasteiger partial charge in [0.2, 0.25) is 0 Å². The first kappa shape index (κ1) is 19.3. The van der Waals surface area contributed by atoms with Crippen LogP contribution < -0.4 is 9.47 Å². The van der Waals surface area contributed by atoms with Crippen LogP contribution in [0.5, 0.6) is 11.5 Å². The third-order valence-corrected chi connectivity index (χ3v) is 4.61. The Balaban J connectivity index is 1.80. The van der Waals surface area contributed by atoms with E-state index in [1.54, 1.807) is 48.5 Å². The monoisotopic (exact) mass is 404 g/mol. The summed E-state index contributed by atoms with van der Waals surface area (Å²) in [7, 11) is 1.51. The van der Waals surface area contributed by atoms with Gasteiger partial charge in [-0.15, -0.1) is 0 Å². The smallest absolute Gasteiger partial charge is 0.435 e. The second-order valence-electron chi connectivity index (χ2n) is 6.59. The van der Waals surface area contributed by atoms with E-state index in [4.69, 9.17) is 14.2 Å². The number of aromatic nitrogens is 2. The van der Waals surface area contributed by atoms with Crippen molar-refractivity contribution in [3.63, 3.8) is 0 Å². The first-order chi connectivity index (χ1) is 14.0. The number of nitrogens with zero attached hydrogens (tertiary/aromatic N) is 2. The molecule has 0 unspecified atom stereocenters. The lowest BCUT2D eigenvalue weighted by Crippen LogP contribution is -2.14. The van der Waals surface area contributed by atoms with Gasteiger partial charge in [-0.3, -0.25) is 0 Å². The molecule has 29 heavy (non-hydrogen) atoms. The molecule has 1 atom stereocenters. The molecule has 5 nitrogen and oxygen atoms in total. The summed E-state index contributed by atoms with van der Waals surface area (Å²) in [6.07, 6.45) is -3.32. The van der Waals surface area contributed by atoms with Crippen molar-refractivity contribution in [2.45, 2.75) is 25.3 Å². The Bertz CT molecular complexity index is 981. The van der Waals surface area contributed by atoms with Crippen molar-refractivity contribution in [3.05, 3.63) is 60.3 Å². The molecule has 0 bridgehead atoms. The molecule has 1 aliphatic rings. The van der Waals surface area contributed by atoms with E-state index in [9.17, 15) is 13.2 Å². The largest absolute Gasteiger partial charge is 0.493 e. The molecule has 0 amide bonds. The molecule has 0 N–H and O–H groups in total. The molecule has 8 heteroatoms. The van der Waals surface area contributed by atoms with Crippen molar-refractivity contribution in [1.29, 1.82) is 0 Å². The maximum absolute atomic E-state index is 13.3. The molecule has 3 aromatic rings. The number of halogens is 3. The van der Waals surface area contributed by atoms with Crippen molar-refractivity contribution in [2.24, 2.45) is 0 Å². The van der Waals surface area contributed by atoms with Crippen LogP contribution in [0.15, 0.2) is 54.6 Å². The molecule has 1 aromatic heterocycles. The minimum atomic E-state index is -4.56. The maximum Gasteiger partial charge on any atom is 0.435 e. The number of hydrogen-bond acceptors (Lipinski definition) is 4. The summed E-state index contributed by atoms with van der Waals surface area (Å²) in [5.41, 5.74) is 0.373. The standard InChI is InChI=1S/C21H19F3N2O3/c1-27-17-10-9-14(12-18(17)29-20-8-5-11-28-20)16-13-19(21(22,23)24)25-26(16)15-6-3-2-4-7-15/h2-4,6-7,9-10,12-13,20H,5,8,11H2,1H3/t20-/m0/s1. The van der Waals surface area contributed by atoms with Gasteiger partial charge in [-0.25, -0.2) is 4.68 Å². The van der Waals surface area contributed by atoms with Crippen LogP contribution in [0.1, 0.15) is 18.5 Å². The maximum atomic E-state index is 13.3. The van der Waals surface area contributed by atoms with E-state index >= 15 is 0 Å². The summed E-state index contributed by atoms with van der Waals surface area (Å²) in [6.45, 7) is 0.613. The van der Waals surface area contributed by atoms with Gasteiger partial charge in [0.1, 0.15) is 0 Å². The number of para-hydroxylation sites is 1. The predicted molar refractivity (Wildman–Crippen MR) is 100 cm³/mol. The van der Waals surface area contributed by atoms with Gasteiger partial charge in [0, 0.05) is 12.0 Å². The third-order valence-electron chi connectivity index (χ3n) is 4.61. The summed E-state index contributed by atoms with van der Waals surface area (Å²) >= 11 is 0. The SMILES string of the molecule is COc1ccc(-c2cc(C(F)(F)F)nn2-c2ccccc2)cc1O[C@H]1CCCO1. The first-order valence-electron chi connectivity index (χ1n) is 9.15. The van der Waals surface area contributed by atoms with Gasteiger partial charge in [-0.1, -0.05) is 18.2 Å². The molecule has 4 rings (SSSR count).